The molecule has 0 fully saturated rings. The van der Waals surface area contributed by atoms with E-state index in [2.05, 4.69) is 17.4 Å². The fourth-order valence-electron chi connectivity index (χ4n) is 3.22. The summed E-state index contributed by atoms with van der Waals surface area (Å²) in [6, 6.07) is 17.6. The summed E-state index contributed by atoms with van der Waals surface area (Å²) >= 11 is 1.56. The van der Waals surface area contributed by atoms with Crippen LogP contribution in [0.3, 0.4) is 0 Å². The van der Waals surface area contributed by atoms with Crippen LogP contribution in [0.25, 0.3) is 0 Å². The van der Waals surface area contributed by atoms with Gasteiger partial charge in [-0.25, -0.2) is 0 Å². The number of hydrogen-bond acceptors (Lipinski definition) is 3. The molecule has 2 aromatic carbocycles. The van der Waals surface area contributed by atoms with Crippen molar-refractivity contribution in [1.29, 1.82) is 0 Å². The standard InChI is InChI=1S/C22H23NO2S/c1-3-9-19(24)20-18(16-11-5-4-6-12-16)14-26-22(20)23-21(25)17-13-8-7-10-15(17)2/h4-8,10-13,18H,3,9,14H2,1-2H3,(H,23,25). The molecule has 1 aliphatic heterocycles. The quantitative estimate of drug-likeness (QED) is 0.797. The molecule has 1 amide bonds. The highest BCUT2D eigenvalue weighted by molar-refractivity contribution is 8.03. The maximum Gasteiger partial charge on any atom is 0.256 e. The van der Waals surface area contributed by atoms with Gasteiger partial charge in [-0.1, -0.05) is 55.5 Å². The number of aryl methyl sites for hydroxylation is 1. The fourth-order valence-corrected chi connectivity index (χ4v) is 4.49. The average molecular weight is 365 g/mol. The second-order valence-electron chi connectivity index (χ2n) is 6.46. The summed E-state index contributed by atoms with van der Waals surface area (Å²) in [6.07, 6.45) is 1.30. The Bertz CT molecular complexity index is 842. The summed E-state index contributed by atoms with van der Waals surface area (Å²) < 4.78 is 0. The first-order valence-corrected chi connectivity index (χ1v) is 9.92. The largest absolute Gasteiger partial charge is 0.316 e. The van der Waals surface area contributed by atoms with Gasteiger partial charge in [0.25, 0.3) is 5.91 Å². The summed E-state index contributed by atoms with van der Waals surface area (Å²) in [5.41, 5.74) is 3.45. The van der Waals surface area contributed by atoms with Gasteiger partial charge in [0.2, 0.25) is 0 Å². The van der Waals surface area contributed by atoms with E-state index < -0.39 is 0 Å². The number of hydrogen-bond donors (Lipinski definition) is 1. The number of allylic oxidation sites excluding steroid dienone is 1. The van der Waals surface area contributed by atoms with Crippen molar-refractivity contribution in [2.75, 3.05) is 5.75 Å². The molecule has 1 N–H and O–H groups in total. The zero-order chi connectivity index (χ0) is 18.5. The van der Waals surface area contributed by atoms with E-state index in [1.165, 1.54) is 0 Å². The molecule has 0 radical (unpaired) electrons. The Kier molecular flexibility index (Phi) is 5.94. The van der Waals surface area contributed by atoms with Crippen molar-refractivity contribution < 1.29 is 9.59 Å². The molecular formula is C22H23NO2S. The number of amides is 1. The van der Waals surface area contributed by atoms with Gasteiger partial charge in [-0.3, -0.25) is 9.59 Å². The van der Waals surface area contributed by atoms with E-state index in [0.717, 1.165) is 28.9 Å². The number of benzene rings is 2. The Morgan fingerprint density at radius 2 is 1.77 bits per heavy atom. The van der Waals surface area contributed by atoms with Gasteiger partial charge in [0.15, 0.2) is 5.78 Å². The molecule has 0 saturated carbocycles. The molecule has 1 aliphatic rings. The van der Waals surface area contributed by atoms with Gasteiger partial charge in [-0.15, -0.1) is 11.8 Å². The minimum absolute atomic E-state index is 0.0346. The molecule has 4 heteroatoms. The molecule has 134 valence electrons. The topological polar surface area (TPSA) is 46.2 Å². The first kappa shape index (κ1) is 18.5. The summed E-state index contributed by atoms with van der Waals surface area (Å²) in [5, 5.41) is 3.72. The van der Waals surface area contributed by atoms with Crippen LogP contribution in [0.5, 0.6) is 0 Å². The summed E-state index contributed by atoms with van der Waals surface area (Å²) in [4.78, 5) is 25.5. The normalized spacial score (nSPS) is 16.6. The minimum atomic E-state index is -0.152. The Morgan fingerprint density at radius 1 is 1.08 bits per heavy atom. The zero-order valence-corrected chi connectivity index (χ0v) is 15.9. The van der Waals surface area contributed by atoms with Crippen LogP contribution < -0.4 is 5.32 Å². The maximum atomic E-state index is 12.8. The molecule has 2 aromatic rings. The minimum Gasteiger partial charge on any atom is -0.316 e. The molecule has 26 heavy (non-hydrogen) atoms. The van der Waals surface area contributed by atoms with Gasteiger partial charge in [-0.05, 0) is 30.5 Å². The molecule has 3 rings (SSSR count). The lowest BCUT2D eigenvalue weighted by Crippen LogP contribution is -2.24. The van der Waals surface area contributed by atoms with Crippen molar-refractivity contribution in [3.05, 3.63) is 81.9 Å². The van der Waals surface area contributed by atoms with E-state index in [1.807, 2.05) is 56.3 Å². The zero-order valence-electron chi connectivity index (χ0n) is 15.1. The van der Waals surface area contributed by atoms with Crippen LogP contribution in [0.1, 0.15) is 47.2 Å². The Balaban J connectivity index is 1.93. The molecule has 0 bridgehead atoms. The number of rotatable bonds is 6. The van der Waals surface area contributed by atoms with Crippen LogP contribution in [-0.2, 0) is 4.79 Å². The van der Waals surface area contributed by atoms with Gasteiger partial charge in [-0.2, -0.15) is 0 Å². The molecule has 3 nitrogen and oxygen atoms in total. The second kappa shape index (κ2) is 8.37. The summed E-state index contributed by atoms with van der Waals surface area (Å²) in [6.45, 7) is 3.92. The predicted molar refractivity (Wildman–Crippen MR) is 107 cm³/mol. The first-order chi connectivity index (χ1) is 12.6. The highest BCUT2D eigenvalue weighted by Gasteiger charge is 2.32. The molecule has 1 unspecified atom stereocenters. The fraction of sp³-hybridized carbons (Fsp3) is 0.273. The van der Waals surface area contributed by atoms with Gasteiger partial charge in [0, 0.05) is 29.2 Å². The maximum absolute atomic E-state index is 12.8. The van der Waals surface area contributed by atoms with Gasteiger partial charge in [0.05, 0.1) is 5.03 Å². The smallest absolute Gasteiger partial charge is 0.256 e. The van der Waals surface area contributed by atoms with Crippen molar-refractivity contribution >= 4 is 23.5 Å². The molecule has 0 saturated heterocycles. The van der Waals surface area contributed by atoms with Gasteiger partial charge >= 0.3 is 0 Å². The average Bonchev–Trinajstić information content (AvgIpc) is 3.06. The lowest BCUT2D eigenvalue weighted by molar-refractivity contribution is -0.115. The van der Waals surface area contributed by atoms with Crippen LogP contribution in [0.4, 0.5) is 0 Å². The first-order valence-electron chi connectivity index (χ1n) is 8.94. The third-order valence-electron chi connectivity index (χ3n) is 4.58. The molecule has 1 atom stereocenters. The Labute approximate surface area is 158 Å². The number of ketones is 1. The highest BCUT2D eigenvalue weighted by atomic mass is 32.2. The SMILES string of the molecule is CCCC(=O)C1=C(NC(=O)c2ccccc2C)SCC1c1ccccc1. The van der Waals surface area contributed by atoms with E-state index in [4.69, 9.17) is 0 Å². The van der Waals surface area contributed by atoms with Crippen LogP contribution in [0, 0.1) is 6.92 Å². The third-order valence-corrected chi connectivity index (χ3v) is 5.69. The molecule has 0 aliphatic carbocycles. The van der Waals surface area contributed by atoms with E-state index in [0.29, 0.717) is 17.0 Å². The van der Waals surface area contributed by atoms with Crippen LogP contribution in [0.15, 0.2) is 65.2 Å². The van der Waals surface area contributed by atoms with Crippen molar-refractivity contribution in [2.24, 2.45) is 0 Å². The van der Waals surface area contributed by atoms with Crippen LogP contribution in [0.2, 0.25) is 0 Å². The predicted octanol–water partition coefficient (Wildman–Crippen LogP) is 4.84. The molecule has 0 aromatic heterocycles. The van der Waals surface area contributed by atoms with Crippen molar-refractivity contribution in [1.82, 2.24) is 5.32 Å². The highest BCUT2D eigenvalue weighted by Crippen LogP contribution is 2.41. The molecule has 1 heterocycles. The van der Waals surface area contributed by atoms with E-state index in [1.54, 1.807) is 11.8 Å². The third kappa shape index (κ3) is 3.91. The van der Waals surface area contributed by atoms with Crippen LogP contribution >= 0.6 is 11.8 Å². The van der Waals surface area contributed by atoms with Gasteiger partial charge in [0.1, 0.15) is 0 Å². The Hall–Kier alpha value is -2.33. The number of nitrogens with one attached hydrogen (secondary N) is 1. The van der Waals surface area contributed by atoms with E-state index in [-0.39, 0.29) is 17.6 Å². The van der Waals surface area contributed by atoms with Crippen molar-refractivity contribution in [3.8, 4) is 0 Å². The van der Waals surface area contributed by atoms with Crippen LogP contribution in [-0.4, -0.2) is 17.4 Å². The summed E-state index contributed by atoms with van der Waals surface area (Å²) in [5.74, 6) is 0.790. The monoisotopic (exact) mass is 365 g/mol. The van der Waals surface area contributed by atoms with Crippen molar-refractivity contribution in [2.45, 2.75) is 32.6 Å². The number of thioether (sulfide) groups is 1. The number of carbonyl (C=O) groups is 2. The lowest BCUT2D eigenvalue weighted by Gasteiger charge is -2.15. The Morgan fingerprint density at radius 3 is 2.46 bits per heavy atom. The van der Waals surface area contributed by atoms with Gasteiger partial charge < -0.3 is 5.32 Å². The number of carbonyl (C=O) groups excluding carboxylic acids is 2. The van der Waals surface area contributed by atoms with E-state index in [9.17, 15) is 9.59 Å². The molecule has 0 spiro atoms. The van der Waals surface area contributed by atoms with E-state index >= 15 is 0 Å². The number of Topliss-reactive ketones (excluding diaryl/α,β-unsaturated/α-hetero) is 1. The lowest BCUT2D eigenvalue weighted by atomic mass is 9.89. The molecular weight excluding hydrogens is 342 g/mol. The second-order valence-corrected chi connectivity index (χ2v) is 7.49. The summed E-state index contributed by atoms with van der Waals surface area (Å²) in [7, 11) is 0. The van der Waals surface area contributed by atoms with Crippen molar-refractivity contribution in [3.63, 3.8) is 0 Å².